The molecule has 1 N–H and O–H groups in total. The number of benzene rings is 3. The van der Waals surface area contributed by atoms with E-state index in [1.165, 1.54) is 11.8 Å². The van der Waals surface area contributed by atoms with Crippen LogP contribution in [0, 0.1) is 27.7 Å². The highest BCUT2D eigenvalue weighted by Gasteiger charge is 2.20. The second-order valence-electron chi connectivity index (χ2n) is 8.67. The molecule has 0 unspecified atom stereocenters. The Balaban J connectivity index is 1.58. The number of thioether (sulfide) groups is 1. The van der Waals surface area contributed by atoms with Gasteiger partial charge >= 0.3 is 0 Å². The van der Waals surface area contributed by atoms with E-state index in [-0.39, 0.29) is 17.2 Å². The van der Waals surface area contributed by atoms with Crippen molar-refractivity contribution in [3.05, 3.63) is 93.3 Å². The Morgan fingerprint density at radius 1 is 0.914 bits per heavy atom. The number of fused-ring (bicyclic) bond motifs is 3. The van der Waals surface area contributed by atoms with E-state index in [2.05, 4.69) is 15.5 Å². The molecule has 3 aromatic carbocycles. The maximum atomic E-state index is 13.6. The third-order valence-electron chi connectivity index (χ3n) is 6.08. The van der Waals surface area contributed by atoms with E-state index in [1.807, 2.05) is 86.7 Å². The summed E-state index contributed by atoms with van der Waals surface area (Å²) < 4.78 is 3.47. The van der Waals surface area contributed by atoms with Crippen molar-refractivity contribution < 1.29 is 4.79 Å². The van der Waals surface area contributed by atoms with Crippen LogP contribution in [0.5, 0.6) is 0 Å². The number of amides is 1. The molecule has 7 nitrogen and oxygen atoms in total. The topological polar surface area (TPSA) is 81.3 Å². The minimum Gasteiger partial charge on any atom is -0.325 e. The van der Waals surface area contributed by atoms with Gasteiger partial charge in [-0.2, -0.15) is 0 Å². The smallest absolute Gasteiger partial charge is 0.267 e. The van der Waals surface area contributed by atoms with Crippen molar-refractivity contribution >= 4 is 40.0 Å². The van der Waals surface area contributed by atoms with E-state index >= 15 is 0 Å². The molecule has 0 spiro atoms. The molecule has 0 aliphatic heterocycles. The van der Waals surface area contributed by atoms with E-state index in [0.717, 1.165) is 33.6 Å². The van der Waals surface area contributed by atoms with Crippen molar-refractivity contribution in [2.45, 2.75) is 32.9 Å². The van der Waals surface area contributed by atoms with Crippen LogP contribution in [-0.2, 0) is 4.79 Å². The Labute approximate surface area is 206 Å². The molecule has 2 heterocycles. The fraction of sp³-hybridized carbons (Fsp3) is 0.185. The number of aryl methyl sites for hydroxylation is 4. The molecule has 0 saturated carbocycles. The SMILES string of the molecule is Cc1ccc(C)c(-n2c(=O)c3ccccc3n3c(SCC(=O)Nc4c(C)cccc4C)nnc23)c1. The quantitative estimate of drug-likeness (QED) is 0.356. The van der Waals surface area contributed by atoms with Crippen LogP contribution in [0.4, 0.5) is 5.69 Å². The number of nitrogens with zero attached hydrogens (tertiary/aromatic N) is 4. The molecule has 8 heteroatoms. The van der Waals surface area contributed by atoms with Crippen LogP contribution in [0.3, 0.4) is 0 Å². The summed E-state index contributed by atoms with van der Waals surface area (Å²) in [6, 6.07) is 19.3. The Bertz CT molecular complexity index is 1650. The zero-order valence-electron chi connectivity index (χ0n) is 20.0. The van der Waals surface area contributed by atoms with Crippen LogP contribution >= 0.6 is 11.8 Å². The summed E-state index contributed by atoms with van der Waals surface area (Å²) >= 11 is 1.29. The van der Waals surface area contributed by atoms with Gasteiger partial charge in [0, 0.05) is 5.69 Å². The predicted octanol–water partition coefficient (Wildman–Crippen LogP) is 5.00. The summed E-state index contributed by atoms with van der Waals surface area (Å²) in [4.78, 5) is 26.4. The highest BCUT2D eigenvalue weighted by Crippen LogP contribution is 2.25. The van der Waals surface area contributed by atoms with Crippen LogP contribution in [-0.4, -0.2) is 30.8 Å². The Hall–Kier alpha value is -3.91. The van der Waals surface area contributed by atoms with Crippen LogP contribution in [0.1, 0.15) is 22.3 Å². The molecule has 2 aromatic heterocycles. The van der Waals surface area contributed by atoms with Crippen molar-refractivity contribution in [3.8, 4) is 5.69 Å². The summed E-state index contributed by atoms with van der Waals surface area (Å²) in [5.41, 5.74) is 6.18. The van der Waals surface area contributed by atoms with Crippen molar-refractivity contribution in [1.82, 2.24) is 19.2 Å². The van der Waals surface area contributed by atoms with E-state index < -0.39 is 0 Å². The number of hydrogen-bond donors (Lipinski definition) is 1. The van der Waals surface area contributed by atoms with Gasteiger partial charge in [-0.3, -0.25) is 14.0 Å². The Morgan fingerprint density at radius 2 is 1.66 bits per heavy atom. The number of aromatic nitrogens is 4. The molecule has 0 aliphatic carbocycles. The standard InChI is InChI=1S/C27H25N5O2S/c1-16-12-13-17(2)22(14-16)31-25(34)20-10-5-6-11-21(20)32-26(31)29-30-27(32)35-15-23(33)28-24-18(3)8-7-9-19(24)4/h5-14H,15H2,1-4H3,(H,28,33). The first kappa shape index (κ1) is 22.9. The molecule has 5 rings (SSSR count). The number of anilines is 1. The summed E-state index contributed by atoms with van der Waals surface area (Å²) in [5.74, 6) is 0.447. The van der Waals surface area contributed by atoms with E-state index in [1.54, 1.807) is 10.6 Å². The van der Waals surface area contributed by atoms with Gasteiger partial charge in [0.15, 0.2) is 5.16 Å². The molecule has 35 heavy (non-hydrogen) atoms. The number of carbonyl (C=O) groups excluding carboxylic acids is 1. The second-order valence-corrected chi connectivity index (χ2v) is 9.61. The predicted molar refractivity (Wildman–Crippen MR) is 141 cm³/mol. The average Bonchev–Trinajstić information content (AvgIpc) is 3.26. The van der Waals surface area contributed by atoms with Gasteiger partial charge in [-0.25, -0.2) is 4.57 Å². The van der Waals surface area contributed by atoms with Crippen LogP contribution < -0.4 is 10.9 Å². The molecule has 0 atom stereocenters. The number of hydrogen-bond acceptors (Lipinski definition) is 5. The maximum absolute atomic E-state index is 13.6. The Morgan fingerprint density at radius 3 is 2.43 bits per heavy atom. The van der Waals surface area contributed by atoms with E-state index in [9.17, 15) is 9.59 Å². The van der Waals surface area contributed by atoms with Crippen LogP contribution in [0.2, 0.25) is 0 Å². The minimum atomic E-state index is -0.154. The zero-order chi connectivity index (χ0) is 24.7. The molecule has 176 valence electrons. The zero-order valence-corrected chi connectivity index (χ0v) is 20.8. The first-order chi connectivity index (χ1) is 16.8. The largest absolute Gasteiger partial charge is 0.325 e. The van der Waals surface area contributed by atoms with Gasteiger partial charge in [0.05, 0.1) is 22.3 Å². The highest BCUT2D eigenvalue weighted by atomic mass is 32.2. The van der Waals surface area contributed by atoms with Gasteiger partial charge in [-0.15, -0.1) is 10.2 Å². The lowest BCUT2D eigenvalue weighted by molar-refractivity contribution is -0.113. The molecule has 5 aromatic rings. The summed E-state index contributed by atoms with van der Waals surface area (Å²) in [6.07, 6.45) is 0. The summed E-state index contributed by atoms with van der Waals surface area (Å²) in [7, 11) is 0. The van der Waals surface area contributed by atoms with Gasteiger partial charge in [-0.05, 0) is 68.1 Å². The van der Waals surface area contributed by atoms with Gasteiger partial charge in [-0.1, -0.05) is 54.2 Å². The lowest BCUT2D eigenvalue weighted by Gasteiger charge is -2.14. The van der Waals surface area contributed by atoms with Crippen molar-refractivity contribution in [3.63, 3.8) is 0 Å². The molecule has 0 saturated heterocycles. The molecule has 0 fully saturated rings. The van der Waals surface area contributed by atoms with Gasteiger partial charge in [0.1, 0.15) is 0 Å². The normalized spacial score (nSPS) is 11.3. The molecular formula is C27H25N5O2S. The summed E-state index contributed by atoms with van der Waals surface area (Å²) in [5, 5.41) is 12.9. The maximum Gasteiger partial charge on any atom is 0.267 e. The fourth-order valence-electron chi connectivity index (χ4n) is 4.27. The molecular weight excluding hydrogens is 458 g/mol. The highest BCUT2D eigenvalue weighted by molar-refractivity contribution is 7.99. The average molecular weight is 484 g/mol. The molecule has 0 bridgehead atoms. The number of para-hydroxylation sites is 2. The van der Waals surface area contributed by atoms with Crippen molar-refractivity contribution in [2.75, 3.05) is 11.1 Å². The monoisotopic (exact) mass is 483 g/mol. The van der Waals surface area contributed by atoms with Gasteiger partial charge in [0.2, 0.25) is 11.7 Å². The van der Waals surface area contributed by atoms with E-state index in [0.29, 0.717) is 21.8 Å². The summed E-state index contributed by atoms with van der Waals surface area (Å²) in [6.45, 7) is 7.91. The second kappa shape index (κ2) is 9.03. The fourth-order valence-corrected chi connectivity index (χ4v) is 5.01. The van der Waals surface area contributed by atoms with Crippen LogP contribution in [0.25, 0.3) is 22.4 Å². The van der Waals surface area contributed by atoms with Crippen molar-refractivity contribution in [2.24, 2.45) is 0 Å². The molecule has 0 radical (unpaired) electrons. The Kier molecular flexibility index (Phi) is 5.90. The number of rotatable bonds is 5. The first-order valence-corrected chi connectivity index (χ1v) is 12.3. The van der Waals surface area contributed by atoms with Gasteiger partial charge < -0.3 is 5.32 Å². The third kappa shape index (κ3) is 4.10. The van der Waals surface area contributed by atoms with Gasteiger partial charge in [0.25, 0.3) is 5.56 Å². The molecule has 1 amide bonds. The van der Waals surface area contributed by atoms with Crippen molar-refractivity contribution in [1.29, 1.82) is 0 Å². The third-order valence-corrected chi connectivity index (χ3v) is 7.01. The lowest BCUT2D eigenvalue weighted by Crippen LogP contribution is -2.22. The number of carbonyl (C=O) groups is 1. The number of nitrogens with one attached hydrogen (secondary N) is 1. The first-order valence-electron chi connectivity index (χ1n) is 11.3. The van der Waals surface area contributed by atoms with E-state index in [4.69, 9.17) is 0 Å². The minimum absolute atomic E-state index is 0.128. The van der Waals surface area contributed by atoms with Crippen LogP contribution in [0.15, 0.2) is 70.6 Å². The molecule has 0 aliphatic rings. The lowest BCUT2D eigenvalue weighted by atomic mass is 10.1.